The number of fused-ring (bicyclic) bond motifs is 2. The van der Waals surface area contributed by atoms with Crippen LogP contribution >= 0.6 is 0 Å². The zero-order chi connectivity index (χ0) is 24.5. The minimum Gasteiger partial charge on any atom is -0.379 e. The minimum atomic E-state index is -0.535. The van der Waals surface area contributed by atoms with Crippen molar-refractivity contribution < 1.29 is 19.1 Å². The Balaban J connectivity index is 1.26. The standard InChI is InChI=1S/C26H31N5O4/c1-15(32)17-3-7-24(28-13-17)31-20-4-5-21(31)12-19(11-20)30-26(34)16-2-6-22(25(27)33)23(10-16)29-18-8-9-35-14-18/h2-3,6-7,10,13,18-21,29H,4-5,8-9,11-12,14H2,1H3,(H2,27,33)(H,30,34)/t18-,19?,20-,21+/m0/s1. The highest BCUT2D eigenvalue weighted by molar-refractivity contribution is 6.02. The van der Waals surface area contributed by atoms with Gasteiger partial charge in [-0.3, -0.25) is 14.4 Å². The number of ketones is 1. The predicted octanol–water partition coefficient (Wildman–Crippen LogP) is 2.51. The van der Waals surface area contributed by atoms with Crippen LogP contribution in [0.15, 0.2) is 36.5 Å². The summed E-state index contributed by atoms with van der Waals surface area (Å²) in [5, 5.41) is 6.51. The molecule has 3 aliphatic rings. The second-order valence-electron chi connectivity index (χ2n) is 9.72. The second-order valence-corrected chi connectivity index (χ2v) is 9.72. The van der Waals surface area contributed by atoms with Gasteiger partial charge in [-0.2, -0.15) is 0 Å². The van der Waals surface area contributed by atoms with Crippen LogP contribution in [0, 0.1) is 0 Å². The molecular formula is C26H31N5O4. The number of ether oxygens (including phenoxy) is 1. The van der Waals surface area contributed by atoms with Crippen molar-refractivity contribution in [2.24, 2.45) is 5.73 Å². The molecule has 184 valence electrons. The van der Waals surface area contributed by atoms with E-state index in [-0.39, 0.29) is 23.8 Å². The highest BCUT2D eigenvalue weighted by Crippen LogP contribution is 2.38. The molecule has 4 atom stereocenters. The molecule has 2 aromatic rings. The van der Waals surface area contributed by atoms with Crippen LogP contribution in [0.1, 0.15) is 70.1 Å². The topological polar surface area (TPSA) is 127 Å². The van der Waals surface area contributed by atoms with Gasteiger partial charge in [-0.25, -0.2) is 4.98 Å². The van der Waals surface area contributed by atoms with Gasteiger partial charge in [0.25, 0.3) is 11.8 Å². The number of nitrogens with two attached hydrogens (primary N) is 1. The van der Waals surface area contributed by atoms with Gasteiger partial charge in [-0.05, 0) is 69.4 Å². The Kier molecular flexibility index (Phi) is 6.42. The summed E-state index contributed by atoms with van der Waals surface area (Å²) in [6.45, 7) is 2.77. The fourth-order valence-corrected chi connectivity index (χ4v) is 5.57. The van der Waals surface area contributed by atoms with Crippen LogP contribution in [0.25, 0.3) is 0 Å². The highest BCUT2D eigenvalue weighted by atomic mass is 16.5. The number of aromatic nitrogens is 1. The van der Waals surface area contributed by atoms with Gasteiger partial charge in [0.2, 0.25) is 0 Å². The molecule has 0 radical (unpaired) electrons. The lowest BCUT2D eigenvalue weighted by Gasteiger charge is -2.40. The van der Waals surface area contributed by atoms with Crippen LogP contribution in [-0.2, 0) is 4.74 Å². The maximum Gasteiger partial charge on any atom is 0.251 e. The smallest absolute Gasteiger partial charge is 0.251 e. The third-order valence-corrected chi connectivity index (χ3v) is 7.32. The third kappa shape index (κ3) is 4.86. The first-order chi connectivity index (χ1) is 16.9. The lowest BCUT2D eigenvalue weighted by Crippen LogP contribution is -2.50. The number of benzene rings is 1. The Bertz CT molecular complexity index is 1120. The molecule has 4 N–H and O–H groups in total. The molecule has 0 aliphatic carbocycles. The van der Waals surface area contributed by atoms with E-state index in [1.807, 2.05) is 12.1 Å². The summed E-state index contributed by atoms with van der Waals surface area (Å²) in [4.78, 5) is 43.5. The van der Waals surface area contributed by atoms with Gasteiger partial charge in [0.05, 0.1) is 18.2 Å². The van der Waals surface area contributed by atoms with E-state index in [2.05, 4.69) is 20.5 Å². The molecule has 3 fully saturated rings. The maximum atomic E-state index is 13.1. The van der Waals surface area contributed by atoms with Crippen molar-refractivity contribution >= 4 is 29.1 Å². The molecule has 2 amide bonds. The Morgan fingerprint density at radius 3 is 2.37 bits per heavy atom. The molecule has 35 heavy (non-hydrogen) atoms. The number of carbonyl (C=O) groups excluding carboxylic acids is 3. The van der Waals surface area contributed by atoms with Crippen molar-refractivity contribution in [3.63, 3.8) is 0 Å². The van der Waals surface area contributed by atoms with E-state index in [1.54, 1.807) is 24.4 Å². The van der Waals surface area contributed by atoms with Crippen molar-refractivity contribution in [1.29, 1.82) is 0 Å². The third-order valence-electron chi connectivity index (χ3n) is 7.32. The van der Waals surface area contributed by atoms with Gasteiger partial charge >= 0.3 is 0 Å². The van der Waals surface area contributed by atoms with Crippen LogP contribution in [0.5, 0.6) is 0 Å². The number of primary amides is 1. The quantitative estimate of drug-likeness (QED) is 0.523. The zero-order valence-electron chi connectivity index (χ0n) is 19.8. The summed E-state index contributed by atoms with van der Waals surface area (Å²) in [7, 11) is 0. The van der Waals surface area contributed by atoms with Crippen LogP contribution < -0.4 is 21.3 Å². The van der Waals surface area contributed by atoms with E-state index in [0.29, 0.717) is 47.7 Å². The molecule has 2 bridgehead atoms. The summed E-state index contributed by atoms with van der Waals surface area (Å²) in [5.74, 6) is 0.203. The van der Waals surface area contributed by atoms with E-state index in [4.69, 9.17) is 10.5 Å². The van der Waals surface area contributed by atoms with E-state index < -0.39 is 5.91 Å². The van der Waals surface area contributed by atoms with Crippen LogP contribution in [0.2, 0.25) is 0 Å². The largest absolute Gasteiger partial charge is 0.379 e. The first-order valence-corrected chi connectivity index (χ1v) is 12.2. The van der Waals surface area contributed by atoms with Crippen molar-refractivity contribution in [2.45, 2.75) is 63.2 Å². The number of hydrogen-bond acceptors (Lipinski definition) is 7. The van der Waals surface area contributed by atoms with E-state index in [9.17, 15) is 14.4 Å². The lowest BCUT2D eigenvalue weighted by molar-refractivity contribution is 0.0924. The Morgan fingerprint density at radius 2 is 1.77 bits per heavy atom. The van der Waals surface area contributed by atoms with Crippen molar-refractivity contribution in [3.05, 3.63) is 53.2 Å². The Hall–Kier alpha value is -3.46. The van der Waals surface area contributed by atoms with Crippen LogP contribution in [-0.4, -0.2) is 60.0 Å². The molecule has 1 aromatic heterocycles. The number of hydrogen-bond donors (Lipinski definition) is 3. The number of pyridine rings is 1. The number of piperidine rings is 1. The first kappa shape index (κ1) is 23.3. The summed E-state index contributed by atoms with van der Waals surface area (Å²) in [6, 6.07) is 9.46. The maximum absolute atomic E-state index is 13.1. The Morgan fingerprint density at radius 1 is 1.03 bits per heavy atom. The van der Waals surface area contributed by atoms with Gasteiger partial charge in [0.1, 0.15) is 5.82 Å². The summed E-state index contributed by atoms with van der Waals surface area (Å²) < 4.78 is 5.41. The SMILES string of the molecule is CC(=O)c1ccc(N2[C@@H]3CC[C@H]2CC(NC(=O)c2ccc(C(N)=O)c(N[C@H]4CCOC4)c2)C3)nc1. The number of Topliss-reactive ketones (excluding diaryl/α,β-unsaturated/α-hetero) is 1. The van der Waals surface area contributed by atoms with Crippen molar-refractivity contribution in [2.75, 3.05) is 23.4 Å². The van der Waals surface area contributed by atoms with Crippen molar-refractivity contribution in [3.8, 4) is 0 Å². The number of anilines is 2. The molecule has 0 saturated carbocycles. The summed E-state index contributed by atoms with van der Waals surface area (Å²) in [6.07, 6.45) is 6.26. The van der Waals surface area contributed by atoms with Gasteiger partial charge in [-0.15, -0.1) is 0 Å². The van der Waals surface area contributed by atoms with E-state index in [0.717, 1.165) is 37.9 Å². The average molecular weight is 478 g/mol. The summed E-state index contributed by atoms with van der Waals surface area (Å²) >= 11 is 0. The monoisotopic (exact) mass is 477 g/mol. The molecule has 9 heteroatoms. The van der Waals surface area contributed by atoms with Crippen LogP contribution in [0.3, 0.4) is 0 Å². The van der Waals surface area contributed by atoms with Crippen LogP contribution in [0.4, 0.5) is 11.5 Å². The van der Waals surface area contributed by atoms with Gasteiger partial charge < -0.3 is 26.0 Å². The molecule has 1 aromatic carbocycles. The molecule has 9 nitrogen and oxygen atoms in total. The van der Waals surface area contributed by atoms with Gasteiger partial charge in [-0.1, -0.05) is 0 Å². The second kappa shape index (κ2) is 9.65. The fourth-order valence-electron chi connectivity index (χ4n) is 5.57. The van der Waals surface area contributed by atoms with Crippen molar-refractivity contribution in [1.82, 2.24) is 10.3 Å². The average Bonchev–Trinajstić information content (AvgIpc) is 3.44. The predicted molar refractivity (Wildman–Crippen MR) is 132 cm³/mol. The molecular weight excluding hydrogens is 446 g/mol. The highest BCUT2D eigenvalue weighted by Gasteiger charge is 2.41. The molecule has 1 unspecified atom stereocenters. The summed E-state index contributed by atoms with van der Waals surface area (Å²) in [5.41, 5.74) is 7.58. The first-order valence-electron chi connectivity index (χ1n) is 12.2. The number of nitrogens with zero attached hydrogens (tertiary/aromatic N) is 2. The normalized spacial score (nSPS) is 25.3. The van der Waals surface area contributed by atoms with E-state index in [1.165, 1.54) is 6.92 Å². The molecule has 3 saturated heterocycles. The Labute approximate surface area is 204 Å². The minimum absolute atomic E-state index is 0.00670. The molecule has 3 aliphatic heterocycles. The zero-order valence-corrected chi connectivity index (χ0v) is 19.8. The lowest BCUT2D eigenvalue weighted by atomic mass is 9.96. The van der Waals surface area contributed by atoms with Gasteiger partial charge in [0, 0.05) is 47.7 Å². The van der Waals surface area contributed by atoms with E-state index >= 15 is 0 Å². The van der Waals surface area contributed by atoms with Gasteiger partial charge in [0.15, 0.2) is 5.78 Å². The number of amides is 2. The molecule has 0 spiro atoms. The fraction of sp³-hybridized carbons (Fsp3) is 0.462. The number of carbonyl (C=O) groups is 3. The molecule has 4 heterocycles. The number of nitrogens with one attached hydrogen (secondary N) is 2. The number of rotatable bonds is 7. The molecule has 5 rings (SSSR count).